The number of aromatic nitrogens is 1. The lowest BCUT2D eigenvalue weighted by molar-refractivity contribution is 0.0699. The minimum atomic E-state index is -0.930. The van der Waals surface area contributed by atoms with Gasteiger partial charge in [-0.05, 0) is 37.6 Å². The molecule has 1 aliphatic heterocycles. The van der Waals surface area contributed by atoms with Crippen LogP contribution in [0.3, 0.4) is 0 Å². The van der Waals surface area contributed by atoms with Crippen molar-refractivity contribution in [3.63, 3.8) is 0 Å². The normalized spacial score (nSPS) is 21.1. The number of allylic oxidation sites excluding steroid dienone is 1. The number of benzene rings is 1. The Labute approximate surface area is 150 Å². The molecule has 3 N–H and O–H groups in total. The van der Waals surface area contributed by atoms with Crippen molar-refractivity contribution >= 4 is 32.8 Å². The molecule has 0 bridgehead atoms. The van der Waals surface area contributed by atoms with Crippen LogP contribution in [0.25, 0.3) is 10.9 Å². The third-order valence-corrected chi connectivity index (χ3v) is 4.68. The van der Waals surface area contributed by atoms with Gasteiger partial charge in [0, 0.05) is 28.1 Å². The second kappa shape index (κ2) is 7.96. The summed E-state index contributed by atoms with van der Waals surface area (Å²) < 4.78 is 2.77. The van der Waals surface area contributed by atoms with E-state index in [9.17, 15) is 15.0 Å². The standard InChI is InChI=1S/C17H19BrN2O3.CH4/c18-11-5-6-15-12(9-11)13(17(22)23)10-20(15)8-2-3-14-16(21)4-1-7-19-14;/h2-3,5-6,9-10,14,16,19,21H,1,4,7-8H2,(H,22,23);1H4/b3-2+;/t14-,16+;/m1./s1. The summed E-state index contributed by atoms with van der Waals surface area (Å²) in [5.74, 6) is -0.930. The molecule has 1 aromatic heterocycles. The number of nitrogens with zero attached hydrogens (tertiary/aromatic N) is 1. The zero-order valence-electron chi connectivity index (χ0n) is 12.6. The molecule has 0 saturated carbocycles. The number of nitrogens with one attached hydrogen (secondary N) is 1. The number of carboxylic acid groups (broad SMARTS) is 1. The van der Waals surface area contributed by atoms with E-state index in [0.717, 1.165) is 34.8 Å². The maximum atomic E-state index is 11.4. The number of carboxylic acids is 1. The fourth-order valence-corrected chi connectivity index (χ4v) is 3.36. The number of hydrogen-bond acceptors (Lipinski definition) is 3. The van der Waals surface area contributed by atoms with E-state index in [4.69, 9.17) is 0 Å². The Bertz CT molecular complexity index is 754. The van der Waals surface area contributed by atoms with Crippen molar-refractivity contribution in [2.45, 2.75) is 39.0 Å². The van der Waals surface area contributed by atoms with Gasteiger partial charge in [0.1, 0.15) is 0 Å². The summed E-state index contributed by atoms with van der Waals surface area (Å²) in [6.07, 6.45) is 7.05. The van der Waals surface area contributed by atoms with E-state index < -0.39 is 5.97 Å². The monoisotopic (exact) mass is 394 g/mol. The smallest absolute Gasteiger partial charge is 0.337 e. The van der Waals surface area contributed by atoms with Crippen LogP contribution in [0.2, 0.25) is 0 Å². The lowest BCUT2D eigenvalue weighted by Crippen LogP contribution is -2.43. The van der Waals surface area contributed by atoms with Crippen LogP contribution in [0.1, 0.15) is 30.6 Å². The third-order valence-electron chi connectivity index (χ3n) is 4.19. The molecule has 2 heterocycles. The van der Waals surface area contributed by atoms with Crippen molar-refractivity contribution in [1.29, 1.82) is 0 Å². The topological polar surface area (TPSA) is 74.5 Å². The SMILES string of the molecule is C.O=C(O)c1cn(C/C=C/[C@H]2NCCC[C@@H]2O)c2ccc(Br)cc12. The summed E-state index contributed by atoms with van der Waals surface area (Å²) in [5, 5.41) is 23.3. The molecule has 0 aliphatic carbocycles. The highest BCUT2D eigenvalue weighted by Crippen LogP contribution is 2.25. The van der Waals surface area contributed by atoms with Gasteiger partial charge in [-0.3, -0.25) is 0 Å². The first-order chi connectivity index (χ1) is 11.1. The first-order valence-electron chi connectivity index (χ1n) is 7.66. The lowest BCUT2D eigenvalue weighted by atomic mass is 10.0. The highest BCUT2D eigenvalue weighted by atomic mass is 79.9. The Morgan fingerprint density at radius 1 is 1.46 bits per heavy atom. The molecule has 1 saturated heterocycles. The summed E-state index contributed by atoms with van der Waals surface area (Å²) >= 11 is 3.38. The average Bonchev–Trinajstić information content (AvgIpc) is 2.87. The largest absolute Gasteiger partial charge is 0.478 e. The zero-order chi connectivity index (χ0) is 16.4. The van der Waals surface area contributed by atoms with E-state index in [0.29, 0.717) is 12.1 Å². The highest BCUT2D eigenvalue weighted by molar-refractivity contribution is 9.10. The van der Waals surface area contributed by atoms with Crippen LogP contribution >= 0.6 is 15.9 Å². The number of rotatable bonds is 4. The molecular weight excluding hydrogens is 372 g/mol. The molecule has 3 rings (SSSR count). The fourth-order valence-electron chi connectivity index (χ4n) is 3.00. The van der Waals surface area contributed by atoms with Gasteiger partial charge in [-0.15, -0.1) is 0 Å². The minimum Gasteiger partial charge on any atom is -0.478 e. The average molecular weight is 395 g/mol. The molecule has 2 atom stereocenters. The number of aliphatic hydroxyl groups is 1. The summed E-state index contributed by atoms with van der Waals surface area (Å²) in [4.78, 5) is 11.4. The van der Waals surface area contributed by atoms with Crippen LogP contribution in [0, 0.1) is 0 Å². The molecule has 0 amide bonds. The van der Waals surface area contributed by atoms with E-state index in [-0.39, 0.29) is 19.6 Å². The molecule has 0 radical (unpaired) electrons. The first kappa shape index (κ1) is 18.7. The van der Waals surface area contributed by atoms with E-state index in [1.165, 1.54) is 0 Å². The van der Waals surface area contributed by atoms with Gasteiger partial charge in [0.2, 0.25) is 0 Å². The van der Waals surface area contributed by atoms with Crippen LogP contribution in [0.15, 0.2) is 41.0 Å². The highest BCUT2D eigenvalue weighted by Gasteiger charge is 2.19. The van der Waals surface area contributed by atoms with Crippen molar-refractivity contribution in [3.05, 3.63) is 46.6 Å². The van der Waals surface area contributed by atoms with Crippen LogP contribution in [-0.2, 0) is 6.54 Å². The van der Waals surface area contributed by atoms with Crippen LogP contribution in [0.4, 0.5) is 0 Å². The number of halogens is 1. The van der Waals surface area contributed by atoms with E-state index >= 15 is 0 Å². The summed E-state index contributed by atoms with van der Waals surface area (Å²) in [7, 11) is 0. The van der Waals surface area contributed by atoms with Crippen molar-refractivity contribution < 1.29 is 15.0 Å². The molecule has 0 unspecified atom stereocenters. The molecule has 2 aromatic rings. The maximum Gasteiger partial charge on any atom is 0.337 e. The predicted octanol–water partition coefficient (Wildman–Crippen LogP) is 3.41. The van der Waals surface area contributed by atoms with E-state index in [1.54, 1.807) is 6.20 Å². The van der Waals surface area contributed by atoms with E-state index in [2.05, 4.69) is 21.2 Å². The van der Waals surface area contributed by atoms with Crippen molar-refractivity contribution in [3.8, 4) is 0 Å². The molecule has 1 aromatic carbocycles. The molecule has 1 aliphatic rings. The number of aromatic carboxylic acids is 1. The second-order valence-electron chi connectivity index (χ2n) is 5.78. The van der Waals surface area contributed by atoms with Crippen LogP contribution < -0.4 is 5.32 Å². The van der Waals surface area contributed by atoms with Crippen molar-refractivity contribution in [2.24, 2.45) is 0 Å². The van der Waals surface area contributed by atoms with Gasteiger partial charge in [-0.1, -0.05) is 35.5 Å². The van der Waals surface area contributed by atoms with Crippen molar-refractivity contribution in [2.75, 3.05) is 6.54 Å². The summed E-state index contributed by atoms with van der Waals surface area (Å²) in [6.45, 7) is 1.48. The first-order valence-corrected chi connectivity index (χ1v) is 8.45. The van der Waals surface area contributed by atoms with Crippen molar-refractivity contribution in [1.82, 2.24) is 9.88 Å². The Balaban J connectivity index is 0.00000208. The zero-order valence-corrected chi connectivity index (χ0v) is 14.2. The number of piperidine rings is 1. The van der Waals surface area contributed by atoms with Gasteiger partial charge in [-0.25, -0.2) is 4.79 Å². The Hall–Kier alpha value is -1.63. The summed E-state index contributed by atoms with van der Waals surface area (Å²) in [5.41, 5.74) is 1.18. The quantitative estimate of drug-likeness (QED) is 0.694. The van der Waals surface area contributed by atoms with Gasteiger partial charge in [0.05, 0.1) is 17.7 Å². The van der Waals surface area contributed by atoms with Gasteiger partial charge in [-0.2, -0.15) is 0 Å². The van der Waals surface area contributed by atoms with Gasteiger partial charge in [0.25, 0.3) is 0 Å². The summed E-state index contributed by atoms with van der Waals surface area (Å²) in [6, 6.07) is 5.61. The predicted molar refractivity (Wildman–Crippen MR) is 99.5 cm³/mol. The Morgan fingerprint density at radius 2 is 2.25 bits per heavy atom. The number of fused-ring (bicyclic) bond motifs is 1. The van der Waals surface area contributed by atoms with Gasteiger partial charge in [0.15, 0.2) is 0 Å². The molecule has 24 heavy (non-hydrogen) atoms. The van der Waals surface area contributed by atoms with E-state index in [1.807, 2.05) is 34.9 Å². The molecule has 6 heteroatoms. The number of aliphatic hydroxyl groups excluding tert-OH is 1. The maximum absolute atomic E-state index is 11.4. The van der Waals surface area contributed by atoms with Crippen LogP contribution in [-0.4, -0.2) is 39.4 Å². The fraction of sp³-hybridized carbons (Fsp3) is 0.389. The lowest BCUT2D eigenvalue weighted by Gasteiger charge is -2.26. The molecule has 5 nitrogen and oxygen atoms in total. The Kier molecular flexibility index (Phi) is 6.21. The number of carbonyl (C=O) groups is 1. The molecular formula is C18H23BrN2O3. The molecule has 130 valence electrons. The Morgan fingerprint density at radius 3 is 2.96 bits per heavy atom. The number of hydrogen-bond donors (Lipinski definition) is 3. The van der Waals surface area contributed by atoms with Gasteiger partial charge >= 0.3 is 5.97 Å². The third kappa shape index (κ3) is 3.88. The molecule has 1 fully saturated rings. The van der Waals surface area contributed by atoms with Crippen LogP contribution in [0.5, 0.6) is 0 Å². The minimum absolute atomic E-state index is 0. The van der Waals surface area contributed by atoms with Gasteiger partial charge < -0.3 is 20.1 Å². The molecule has 0 spiro atoms. The second-order valence-corrected chi connectivity index (χ2v) is 6.70.